The molecule has 0 aromatic carbocycles. The van der Waals surface area contributed by atoms with E-state index in [-0.39, 0.29) is 51.4 Å². The summed E-state index contributed by atoms with van der Waals surface area (Å²) in [5, 5.41) is 16.2. The van der Waals surface area contributed by atoms with Gasteiger partial charge in [0, 0.05) is 6.21 Å². The number of nitrogens with zero attached hydrogens (tertiary/aromatic N) is 2. The molecule has 3 nitrogen and oxygen atoms in total. The molecule has 0 atom stereocenters. The fraction of sp³-hybridized carbons (Fsp3) is 0. The van der Waals surface area contributed by atoms with E-state index in [1.165, 1.54) is 6.21 Å². The molecule has 0 fully saturated rings. The third kappa shape index (κ3) is 3.88. The first-order valence-electron chi connectivity index (χ1n) is 2.76. The molecule has 1 aliphatic rings. The van der Waals surface area contributed by atoms with Gasteiger partial charge in [0.05, 0.1) is 0 Å². The quantitative estimate of drug-likeness (QED) is 0.282. The third-order valence-corrected chi connectivity index (χ3v) is 1.04. The second kappa shape index (κ2) is 5.74. The van der Waals surface area contributed by atoms with Crippen molar-refractivity contribution in [1.29, 1.82) is 0 Å². The SMILES string of the molecule is C=C1C=C(/C=N\[O-])C=C[N-]1.[K+]. The molecule has 0 saturated heterocycles. The van der Waals surface area contributed by atoms with Crippen LogP contribution in [-0.2, 0) is 0 Å². The van der Waals surface area contributed by atoms with Crippen LogP contribution in [0.4, 0.5) is 0 Å². The van der Waals surface area contributed by atoms with Crippen molar-refractivity contribution in [1.82, 2.24) is 0 Å². The van der Waals surface area contributed by atoms with Gasteiger partial charge < -0.3 is 15.7 Å². The minimum Gasteiger partial charge on any atom is -0.792 e. The van der Waals surface area contributed by atoms with E-state index < -0.39 is 0 Å². The normalized spacial score (nSPS) is 15.6. The molecule has 0 aliphatic carbocycles. The van der Waals surface area contributed by atoms with Crippen molar-refractivity contribution in [3.8, 4) is 0 Å². The molecule has 0 amide bonds. The van der Waals surface area contributed by atoms with Crippen molar-refractivity contribution in [2.75, 3.05) is 0 Å². The molecule has 0 saturated carbocycles. The van der Waals surface area contributed by atoms with E-state index in [9.17, 15) is 5.21 Å². The van der Waals surface area contributed by atoms with E-state index >= 15 is 0 Å². The van der Waals surface area contributed by atoms with Crippen LogP contribution in [0.2, 0.25) is 0 Å². The van der Waals surface area contributed by atoms with E-state index in [0.29, 0.717) is 5.70 Å². The number of rotatable bonds is 1. The predicted octanol–water partition coefficient (Wildman–Crippen LogP) is -1.10. The smallest absolute Gasteiger partial charge is 0.792 e. The molecule has 0 radical (unpaired) electrons. The molecular formula is C7H6KN2O-. The molecule has 0 N–H and O–H groups in total. The summed E-state index contributed by atoms with van der Waals surface area (Å²) < 4.78 is 0. The maximum absolute atomic E-state index is 9.74. The number of hydrogen-bond donors (Lipinski definition) is 0. The first-order chi connectivity index (χ1) is 4.83. The standard InChI is InChI=1S/C7H7N2O.K/c1-6-4-7(5-9-10)2-3-8-6;/h2-5,10H,1H2;/q-1;+1/p-1/b9-5-;. The van der Waals surface area contributed by atoms with Gasteiger partial charge in [-0.2, -0.15) is 6.20 Å². The van der Waals surface area contributed by atoms with Gasteiger partial charge in [-0.3, -0.25) is 0 Å². The van der Waals surface area contributed by atoms with Gasteiger partial charge >= 0.3 is 51.4 Å². The van der Waals surface area contributed by atoms with Crippen LogP contribution >= 0.6 is 0 Å². The van der Waals surface area contributed by atoms with Crippen LogP contribution < -0.4 is 51.4 Å². The van der Waals surface area contributed by atoms with E-state index in [0.717, 1.165) is 5.57 Å². The fourth-order valence-electron chi connectivity index (χ4n) is 0.638. The van der Waals surface area contributed by atoms with Crippen LogP contribution in [0.25, 0.3) is 5.32 Å². The van der Waals surface area contributed by atoms with Crippen LogP contribution in [0.3, 0.4) is 0 Å². The summed E-state index contributed by atoms with van der Waals surface area (Å²) in [5.74, 6) is 0. The number of allylic oxidation sites excluding steroid dienone is 3. The summed E-state index contributed by atoms with van der Waals surface area (Å²) in [4.78, 5) is 0. The Morgan fingerprint density at radius 1 is 1.64 bits per heavy atom. The summed E-state index contributed by atoms with van der Waals surface area (Å²) in [6, 6.07) is 0. The molecule has 4 heteroatoms. The second-order valence-corrected chi connectivity index (χ2v) is 1.82. The molecule has 52 valence electrons. The molecule has 0 bridgehead atoms. The van der Waals surface area contributed by atoms with Gasteiger partial charge in [-0.05, 0) is 5.57 Å². The van der Waals surface area contributed by atoms with Crippen molar-refractivity contribution >= 4 is 6.21 Å². The predicted molar refractivity (Wildman–Crippen MR) is 41.6 cm³/mol. The Bertz CT molecular complexity index is 227. The molecule has 11 heavy (non-hydrogen) atoms. The zero-order valence-corrected chi connectivity index (χ0v) is 9.44. The van der Waals surface area contributed by atoms with E-state index in [4.69, 9.17) is 0 Å². The molecule has 0 unspecified atom stereocenters. The van der Waals surface area contributed by atoms with Gasteiger partial charge in [-0.1, -0.05) is 12.2 Å². The maximum atomic E-state index is 9.74. The monoisotopic (exact) mass is 173 g/mol. The Morgan fingerprint density at radius 3 is 2.91 bits per heavy atom. The molecule has 1 heterocycles. The number of hydrogen-bond acceptors (Lipinski definition) is 2. The average Bonchev–Trinajstić information content (AvgIpc) is 1.88. The van der Waals surface area contributed by atoms with Crippen LogP contribution in [0, 0.1) is 5.21 Å². The summed E-state index contributed by atoms with van der Waals surface area (Å²) in [6.45, 7) is 3.59. The van der Waals surface area contributed by atoms with Crippen molar-refractivity contribution in [3.05, 3.63) is 46.7 Å². The Hall–Kier alpha value is 0.126. The first-order valence-corrected chi connectivity index (χ1v) is 2.76. The van der Waals surface area contributed by atoms with Crippen molar-refractivity contribution in [2.45, 2.75) is 0 Å². The topological polar surface area (TPSA) is 49.5 Å². The van der Waals surface area contributed by atoms with Gasteiger partial charge in [-0.15, -0.1) is 12.3 Å². The van der Waals surface area contributed by atoms with Crippen LogP contribution in [0.1, 0.15) is 0 Å². The van der Waals surface area contributed by atoms with Gasteiger partial charge in [0.15, 0.2) is 0 Å². The van der Waals surface area contributed by atoms with Crippen LogP contribution in [0.5, 0.6) is 0 Å². The Kier molecular flexibility index (Phi) is 5.80. The fourth-order valence-corrected chi connectivity index (χ4v) is 0.638. The van der Waals surface area contributed by atoms with E-state index in [1.54, 1.807) is 18.4 Å². The zero-order chi connectivity index (χ0) is 7.40. The van der Waals surface area contributed by atoms with E-state index in [1.807, 2.05) is 0 Å². The molecular weight excluding hydrogens is 167 g/mol. The average molecular weight is 173 g/mol. The second-order valence-electron chi connectivity index (χ2n) is 1.82. The molecule has 0 spiro atoms. The molecule has 1 aliphatic heterocycles. The first kappa shape index (κ1) is 11.1. The Balaban J connectivity index is 0.000001000. The Labute approximate surface area is 108 Å². The van der Waals surface area contributed by atoms with E-state index in [2.05, 4.69) is 17.1 Å². The third-order valence-electron chi connectivity index (χ3n) is 1.04. The summed E-state index contributed by atoms with van der Waals surface area (Å²) in [7, 11) is 0. The van der Waals surface area contributed by atoms with Crippen molar-refractivity contribution in [2.24, 2.45) is 5.16 Å². The van der Waals surface area contributed by atoms with Gasteiger partial charge in [0.2, 0.25) is 0 Å². The van der Waals surface area contributed by atoms with Gasteiger partial charge in [-0.25, -0.2) is 0 Å². The largest absolute Gasteiger partial charge is 1.00 e. The van der Waals surface area contributed by atoms with Crippen LogP contribution in [-0.4, -0.2) is 6.21 Å². The minimum absolute atomic E-state index is 0. The molecule has 0 aromatic heterocycles. The molecule has 1 rings (SSSR count). The summed E-state index contributed by atoms with van der Waals surface area (Å²) in [6.07, 6.45) is 6.17. The Morgan fingerprint density at radius 2 is 2.36 bits per heavy atom. The maximum Gasteiger partial charge on any atom is 1.00 e. The van der Waals surface area contributed by atoms with Crippen molar-refractivity contribution < 1.29 is 51.4 Å². The van der Waals surface area contributed by atoms with Crippen molar-refractivity contribution in [3.63, 3.8) is 0 Å². The zero-order valence-electron chi connectivity index (χ0n) is 6.32. The summed E-state index contributed by atoms with van der Waals surface area (Å²) in [5.41, 5.74) is 1.37. The van der Waals surface area contributed by atoms with Gasteiger partial charge in [0.25, 0.3) is 0 Å². The van der Waals surface area contributed by atoms with Gasteiger partial charge in [0.1, 0.15) is 0 Å². The minimum atomic E-state index is 0. The van der Waals surface area contributed by atoms with Crippen LogP contribution in [0.15, 0.2) is 41.4 Å². The summed E-state index contributed by atoms with van der Waals surface area (Å²) >= 11 is 0. The molecule has 0 aromatic rings.